The van der Waals surface area contributed by atoms with Crippen LogP contribution in [-0.4, -0.2) is 28.8 Å². The van der Waals surface area contributed by atoms with Crippen molar-refractivity contribution in [1.29, 1.82) is 0 Å². The minimum atomic E-state index is 0.0159. The van der Waals surface area contributed by atoms with Crippen molar-refractivity contribution in [3.63, 3.8) is 0 Å². The molecule has 1 aromatic carbocycles. The first-order valence-electron chi connectivity index (χ1n) is 6.47. The molecule has 0 atom stereocenters. The maximum absolute atomic E-state index is 12.4. The average molecular weight is 307 g/mol. The van der Waals surface area contributed by atoms with Gasteiger partial charge in [-0.05, 0) is 36.6 Å². The average Bonchev–Trinajstić information content (AvgIpc) is 2.75. The smallest absolute Gasteiger partial charge is 0.266 e. The number of hydrogen-bond acceptors (Lipinski definition) is 4. The van der Waals surface area contributed by atoms with E-state index < -0.39 is 0 Å². The van der Waals surface area contributed by atoms with Gasteiger partial charge in [-0.2, -0.15) is 0 Å². The Kier molecular flexibility index (Phi) is 4.83. The standard InChI is InChI=1S/C15H17NO2S2/c1-4-8-16-14(17)13(20-15(16)19)10(2)11-6-5-7-12(9-11)18-3/h5-7,9H,4,8H2,1-3H3/b13-10-. The number of thiocarbonyl (C=S) groups is 1. The molecule has 1 aromatic rings. The number of amides is 1. The van der Waals surface area contributed by atoms with Crippen molar-refractivity contribution in [2.45, 2.75) is 20.3 Å². The zero-order valence-electron chi connectivity index (χ0n) is 11.8. The predicted octanol–water partition coefficient (Wildman–Crippen LogP) is 3.70. The van der Waals surface area contributed by atoms with Gasteiger partial charge in [-0.3, -0.25) is 9.69 Å². The summed E-state index contributed by atoms with van der Waals surface area (Å²) in [5, 5.41) is 0. The summed E-state index contributed by atoms with van der Waals surface area (Å²) in [4.78, 5) is 14.8. The Morgan fingerprint density at radius 3 is 2.85 bits per heavy atom. The summed E-state index contributed by atoms with van der Waals surface area (Å²) in [7, 11) is 1.63. The maximum Gasteiger partial charge on any atom is 0.266 e. The molecule has 0 spiro atoms. The molecule has 3 nitrogen and oxygen atoms in total. The SMILES string of the molecule is CCCN1C(=O)/C(=C(\C)c2cccc(OC)c2)SC1=S. The Morgan fingerprint density at radius 2 is 2.20 bits per heavy atom. The van der Waals surface area contributed by atoms with E-state index in [1.807, 2.05) is 38.1 Å². The van der Waals surface area contributed by atoms with E-state index in [4.69, 9.17) is 17.0 Å². The highest BCUT2D eigenvalue weighted by Gasteiger charge is 2.32. The van der Waals surface area contributed by atoms with E-state index in [1.165, 1.54) is 11.8 Å². The molecule has 106 valence electrons. The number of ether oxygens (including phenoxy) is 1. The number of benzene rings is 1. The minimum absolute atomic E-state index is 0.0159. The van der Waals surface area contributed by atoms with Crippen LogP contribution in [0.4, 0.5) is 0 Å². The van der Waals surface area contributed by atoms with Crippen LogP contribution in [0.15, 0.2) is 29.2 Å². The normalized spacial score (nSPS) is 17.6. The summed E-state index contributed by atoms with van der Waals surface area (Å²) in [6.07, 6.45) is 0.901. The number of rotatable bonds is 4. The quantitative estimate of drug-likeness (QED) is 0.627. The third-order valence-corrected chi connectivity index (χ3v) is 4.69. The minimum Gasteiger partial charge on any atom is -0.497 e. The summed E-state index contributed by atoms with van der Waals surface area (Å²) < 4.78 is 5.87. The largest absolute Gasteiger partial charge is 0.497 e. The second kappa shape index (κ2) is 6.41. The fourth-order valence-electron chi connectivity index (χ4n) is 2.03. The zero-order chi connectivity index (χ0) is 14.7. The third kappa shape index (κ3) is 2.88. The summed E-state index contributed by atoms with van der Waals surface area (Å²) in [5.41, 5.74) is 1.93. The van der Waals surface area contributed by atoms with Gasteiger partial charge in [-0.1, -0.05) is 43.0 Å². The third-order valence-electron chi connectivity index (χ3n) is 3.14. The highest BCUT2D eigenvalue weighted by Crippen LogP contribution is 2.37. The number of nitrogens with zero attached hydrogens (tertiary/aromatic N) is 1. The molecule has 1 saturated heterocycles. The highest BCUT2D eigenvalue weighted by atomic mass is 32.2. The van der Waals surface area contributed by atoms with Gasteiger partial charge in [0.1, 0.15) is 10.1 Å². The first-order chi connectivity index (χ1) is 9.58. The molecule has 5 heteroatoms. The molecular formula is C15H17NO2S2. The number of thioether (sulfide) groups is 1. The Balaban J connectivity index is 2.37. The number of carbonyl (C=O) groups is 1. The number of methoxy groups -OCH3 is 1. The van der Waals surface area contributed by atoms with Gasteiger partial charge < -0.3 is 4.74 Å². The van der Waals surface area contributed by atoms with Gasteiger partial charge in [0.25, 0.3) is 5.91 Å². The van der Waals surface area contributed by atoms with Crippen LogP contribution in [0.25, 0.3) is 5.57 Å². The number of allylic oxidation sites excluding steroid dienone is 1. The van der Waals surface area contributed by atoms with E-state index in [9.17, 15) is 4.79 Å². The van der Waals surface area contributed by atoms with E-state index in [0.717, 1.165) is 28.2 Å². The van der Waals surface area contributed by atoms with E-state index in [-0.39, 0.29) is 5.91 Å². The Morgan fingerprint density at radius 1 is 1.45 bits per heavy atom. The van der Waals surface area contributed by atoms with E-state index in [2.05, 4.69) is 0 Å². The van der Waals surface area contributed by atoms with E-state index in [0.29, 0.717) is 10.9 Å². The van der Waals surface area contributed by atoms with Gasteiger partial charge in [0, 0.05) is 6.54 Å². The van der Waals surface area contributed by atoms with Crippen LogP contribution in [0.3, 0.4) is 0 Å². The summed E-state index contributed by atoms with van der Waals surface area (Å²) in [6.45, 7) is 4.67. The first kappa shape index (κ1) is 15.1. The lowest BCUT2D eigenvalue weighted by atomic mass is 10.1. The predicted molar refractivity (Wildman–Crippen MR) is 87.8 cm³/mol. The molecule has 1 aliphatic rings. The van der Waals surface area contributed by atoms with Gasteiger partial charge in [0.2, 0.25) is 0 Å². The molecule has 0 saturated carbocycles. The fraction of sp³-hybridized carbons (Fsp3) is 0.333. The van der Waals surface area contributed by atoms with Crippen molar-refractivity contribution in [3.8, 4) is 5.75 Å². The van der Waals surface area contributed by atoms with Gasteiger partial charge in [-0.25, -0.2) is 0 Å². The number of hydrogen-bond donors (Lipinski definition) is 0. The topological polar surface area (TPSA) is 29.5 Å². The molecule has 0 bridgehead atoms. The molecule has 1 aliphatic heterocycles. The Hall–Kier alpha value is -1.33. The molecule has 20 heavy (non-hydrogen) atoms. The van der Waals surface area contributed by atoms with Gasteiger partial charge in [0.05, 0.1) is 12.0 Å². The van der Waals surface area contributed by atoms with Crippen LogP contribution in [-0.2, 0) is 4.79 Å². The molecule has 1 heterocycles. The lowest BCUT2D eigenvalue weighted by Crippen LogP contribution is -2.28. The second-order valence-corrected chi connectivity index (χ2v) is 6.16. The maximum atomic E-state index is 12.4. The van der Waals surface area contributed by atoms with Crippen molar-refractivity contribution in [2.75, 3.05) is 13.7 Å². The molecule has 0 aliphatic carbocycles. The molecule has 0 unspecified atom stereocenters. The molecule has 0 radical (unpaired) electrons. The fourth-order valence-corrected chi connectivity index (χ4v) is 3.38. The lowest BCUT2D eigenvalue weighted by molar-refractivity contribution is -0.122. The molecule has 1 fully saturated rings. The van der Waals surface area contributed by atoms with Crippen molar-refractivity contribution in [3.05, 3.63) is 34.7 Å². The lowest BCUT2D eigenvalue weighted by Gasteiger charge is -2.12. The van der Waals surface area contributed by atoms with Crippen LogP contribution < -0.4 is 4.74 Å². The van der Waals surface area contributed by atoms with Gasteiger partial charge in [-0.15, -0.1) is 0 Å². The Labute approximate surface area is 129 Å². The van der Waals surface area contributed by atoms with Gasteiger partial charge in [0.15, 0.2) is 0 Å². The molecule has 1 amide bonds. The van der Waals surface area contributed by atoms with Crippen LogP contribution in [0.2, 0.25) is 0 Å². The second-order valence-electron chi connectivity index (χ2n) is 4.51. The van der Waals surface area contributed by atoms with Crippen LogP contribution in [0.1, 0.15) is 25.8 Å². The van der Waals surface area contributed by atoms with Crippen LogP contribution >= 0.6 is 24.0 Å². The van der Waals surface area contributed by atoms with Crippen LogP contribution in [0, 0.1) is 0 Å². The van der Waals surface area contributed by atoms with Crippen molar-refractivity contribution < 1.29 is 9.53 Å². The summed E-state index contributed by atoms with van der Waals surface area (Å²) in [6, 6.07) is 7.72. The zero-order valence-corrected chi connectivity index (χ0v) is 13.4. The summed E-state index contributed by atoms with van der Waals surface area (Å²) >= 11 is 6.67. The molecule has 2 rings (SSSR count). The summed E-state index contributed by atoms with van der Waals surface area (Å²) in [5.74, 6) is 0.799. The highest BCUT2D eigenvalue weighted by molar-refractivity contribution is 8.26. The molecular weight excluding hydrogens is 290 g/mol. The van der Waals surface area contributed by atoms with E-state index in [1.54, 1.807) is 12.0 Å². The monoisotopic (exact) mass is 307 g/mol. The van der Waals surface area contributed by atoms with Gasteiger partial charge >= 0.3 is 0 Å². The first-order valence-corrected chi connectivity index (χ1v) is 7.70. The Bertz CT molecular complexity index is 581. The van der Waals surface area contributed by atoms with Crippen molar-refractivity contribution >= 4 is 39.8 Å². The van der Waals surface area contributed by atoms with Crippen LogP contribution in [0.5, 0.6) is 5.75 Å². The van der Waals surface area contributed by atoms with E-state index >= 15 is 0 Å². The molecule has 0 aromatic heterocycles. The molecule has 0 N–H and O–H groups in total. The van der Waals surface area contributed by atoms with Crippen molar-refractivity contribution in [1.82, 2.24) is 4.90 Å². The number of carbonyl (C=O) groups excluding carboxylic acids is 1. The van der Waals surface area contributed by atoms with Crippen molar-refractivity contribution in [2.24, 2.45) is 0 Å².